The van der Waals surface area contributed by atoms with Gasteiger partial charge in [-0.15, -0.1) is 0 Å². The lowest BCUT2D eigenvalue weighted by molar-refractivity contribution is -0.134. The van der Waals surface area contributed by atoms with Gasteiger partial charge in [0, 0.05) is 12.6 Å². The number of hydrogen-bond acceptors (Lipinski definition) is 2. The second kappa shape index (κ2) is 6.40. The molecule has 0 aliphatic carbocycles. The van der Waals surface area contributed by atoms with E-state index in [1.807, 2.05) is 23.1 Å². The first-order valence-corrected chi connectivity index (χ1v) is 7.60. The van der Waals surface area contributed by atoms with Crippen molar-refractivity contribution in [1.29, 1.82) is 0 Å². The maximum atomic E-state index is 12.9. The molecule has 20 heavy (non-hydrogen) atoms. The van der Waals surface area contributed by atoms with Gasteiger partial charge in [-0.3, -0.25) is 4.79 Å². The average Bonchev–Trinajstić information content (AvgIpc) is 2.81. The molecular formula is C17H26N2O. The monoisotopic (exact) mass is 274 g/mol. The van der Waals surface area contributed by atoms with Gasteiger partial charge in [0.15, 0.2) is 0 Å². The third kappa shape index (κ3) is 3.04. The molecule has 3 nitrogen and oxygen atoms in total. The van der Waals surface area contributed by atoms with E-state index >= 15 is 0 Å². The van der Waals surface area contributed by atoms with Crippen LogP contribution >= 0.6 is 0 Å². The number of nitrogens with two attached hydrogens (primary N) is 1. The summed E-state index contributed by atoms with van der Waals surface area (Å²) in [5.41, 5.74) is 6.89. The maximum absolute atomic E-state index is 12.9. The number of rotatable bonds is 4. The molecular weight excluding hydrogens is 248 g/mol. The number of likely N-dealkylation sites (tertiary alicyclic amines) is 1. The molecule has 110 valence electrons. The summed E-state index contributed by atoms with van der Waals surface area (Å²) >= 11 is 0. The molecule has 3 heteroatoms. The first kappa shape index (κ1) is 15.0. The Hall–Kier alpha value is -1.35. The van der Waals surface area contributed by atoms with Gasteiger partial charge in [-0.25, -0.2) is 0 Å². The standard InChI is InChI=1S/C17H26N2O/c1-12(2)16(15-7-5-4-6-8-15)17(20)19-11-14(10-18)9-13(19)3/h4-8,12-14,16H,9-11,18H2,1-3H3. The summed E-state index contributed by atoms with van der Waals surface area (Å²) in [6.07, 6.45) is 1.03. The van der Waals surface area contributed by atoms with Crippen molar-refractivity contribution >= 4 is 5.91 Å². The second-order valence-electron chi connectivity index (χ2n) is 6.31. The highest BCUT2D eigenvalue weighted by atomic mass is 16.2. The summed E-state index contributed by atoms with van der Waals surface area (Å²) in [5, 5.41) is 0. The number of carbonyl (C=O) groups is 1. The molecule has 0 aromatic heterocycles. The minimum Gasteiger partial charge on any atom is -0.339 e. The third-order valence-electron chi connectivity index (χ3n) is 4.37. The second-order valence-corrected chi connectivity index (χ2v) is 6.31. The van der Waals surface area contributed by atoms with E-state index in [0.29, 0.717) is 24.4 Å². The molecule has 3 atom stereocenters. The zero-order valence-corrected chi connectivity index (χ0v) is 12.8. The molecule has 1 amide bonds. The number of benzene rings is 1. The van der Waals surface area contributed by atoms with E-state index in [9.17, 15) is 4.79 Å². The molecule has 0 saturated carbocycles. The SMILES string of the molecule is CC(C)C(C(=O)N1CC(CN)CC1C)c1ccccc1. The van der Waals surface area contributed by atoms with Gasteiger partial charge in [0.25, 0.3) is 0 Å². The predicted octanol–water partition coefficient (Wildman–Crippen LogP) is 2.62. The van der Waals surface area contributed by atoms with Crippen molar-refractivity contribution in [3.63, 3.8) is 0 Å². The fourth-order valence-electron chi connectivity index (χ4n) is 3.27. The molecule has 1 fully saturated rings. The Labute approximate surface area is 122 Å². The highest BCUT2D eigenvalue weighted by Crippen LogP contribution is 2.31. The first-order valence-electron chi connectivity index (χ1n) is 7.60. The van der Waals surface area contributed by atoms with Crippen LogP contribution in [0, 0.1) is 11.8 Å². The highest BCUT2D eigenvalue weighted by Gasteiger charge is 2.36. The predicted molar refractivity (Wildman–Crippen MR) is 82.4 cm³/mol. The molecule has 1 aliphatic heterocycles. The topological polar surface area (TPSA) is 46.3 Å². The average molecular weight is 274 g/mol. The van der Waals surface area contributed by atoms with E-state index in [4.69, 9.17) is 5.73 Å². The van der Waals surface area contributed by atoms with E-state index < -0.39 is 0 Å². The van der Waals surface area contributed by atoms with Gasteiger partial charge in [0.2, 0.25) is 5.91 Å². The lowest BCUT2D eigenvalue weighted by atomic mass is 9.87. The molecule has 1 heterocycles. The maximum Gasteiger partial charge on any atom is 0.230 e. The first-order chi connectivity index (χ1) is 9.54. The van der Waals surface area contributed by atoms with Gasteiger partial charge in [-0.05, 0) is 37.3 Å². The summed E-state index contributed by atoms with van der Waals surface area (Å²) in [4.78, 5) is 15.0. The Morgan fingerprint density at radius 1 is 1.35 bits per heavy atom. The van der Waals surface area contributed by atoms with Crippen molar-refractivity contribution in [2.24, 2.45) is 17.6 Å². The van der Waals surface area contributed by atoms with Crippen molar-refractivity contribution in [2.75, 3.05) is 13.1 Å². The van der Waals surface area contributed by atoms with Gasteiger partial charge in [-0.2, -0.15) is 0 Å². The fraction of sp³-hybridized carbons (Fsp3) is 0.588. The number of carbonyl (C=O) groups excluding carboxylic acids is 1. The minimum absolute atomic E-state index is 0.0461. The van der Waals surface area contributed by atoms with Crippen LogP contribution in [0.15, 0.2) is 30.3 Å². The Morgan fingerprint density at radius 3 is 2.50 bits per heavy atom. The lowest BCUT2D eigenvalue weighted by Crippen LogP contribution is -2.39. The third-order valence-corrected chi connectivity index (χ3v) is 4.37. The summed E-state index contributed by atoms with van der Waals surface area (Å²) in [5.74, 6) is 0.969. The zero-order valence-electron chi connectivity index (χ0n) is 12.8. The molecule has 0 spiro atoms. The van der Waals surface area contributed by atoms with Gasteiger partial charge in [0.05, 0.1) is 5.92 Å². The smallest absolute Gasteiger partial charge is 0.230 e. The van der Waals surface area contributed by atoms with Crippen LogP contribution in [0.25, 0.3) is 0 Å². The Balaban J connectivity index is 2.20. The van der Waals surface area contributed by atoms with Crippen molar-refractivity contribution < 1.29 is 4.79 Å². The van der Waals surface area contributed by atoms with Gasteiger partial charge in [0.1, 0.15) is 0 Å². The van der Waals surface area contributed by atoms with Crippen molar-refractivity contribution in [3.05, 3.63) is 35.9 Å². The van der Waals surface area contributed by atoms with E-state index in [1.165, 1.54) is 0 Å². The van der Waals surface area contributed by atoms with Crippen LogP contribution in [-0.2, 0) is 4.79 Å². The Kier molecular flexibility index (Phi) is 4.81. The summed E-state index contributed by atoms with van der Waals surface area (Å²) in [6, 6.07) is 10.4. The van der Waals surface area contributed by atoms with Crippen molar-refractivity contribution in [2.45, 2.75) is 39.2 Å². The van der Waals surface area contributed by atoms with Crippen LogP contribution in [0.1, 0.15) is 38.7 Å². The van der Waals surface area contributed by atoms with E-state index in [-0.39, 0.29) is 11.8 Å². The molecule has 2 rings (SSSR count). The molecule has 1 saturated heterocycles. The summed E-state index contributed by atoms with van der Waals surface area (Å²) < 4.78 is 0. The van der Waals surface area contributed by atoms with Crippen LogP contribution in [0.2, 0.25) is 0 Å². The van der Waals surface area contributed by atoms with Gasteiger partial charge in [-0.1, -0.05) is 44.2 Å². The molecule has 2 N–H and O–H groups in total. The molecule has 3 unspecified atom stereocenters. The quantitative estimate of drug-likeness (QED) is 0.917. The minimum atomic E-state index is -0.0461. The van der Waals surface area contributed by atoms with Crippen molar-refractivity contribution in [3.8, 4) is 0 Å². The van der Waals surface area contributed by atoms with Crippen LogP contribution in [0.3, 0.4) is 0 Å². The van der Waals surface area contributed by atoms with Crippen molar-refractivity contribution in [1.82, 2.24) is 4.90 Å². The summed E-state index contributed by atoms with van der Waals surface area (Å²) in [7, 11) is 0. The normalized spacial score (nSPS) is 24.1. The molecule has 1 aromatic carbocycles. The molecule has 1 aliphatic rings. The molecule has 0 radical (unpaired) electrons. The zero-order chi connectivity index (χ0) is 14.7. The van der Waals surface area contributed by atoms with Crippen LogP contribution in [0.5, 0.6) is 0 Å². The van der Waals surface area contributed by atoms with Crippen LogP contribution in [-0.4, -0.2) is 29.9 Å². The molecule has 1 aromatic rings. The van der Waals surface area contributed by atoms with Crippen LogP contribution < -0.4 is 5.73 Å². The number of amides is 1. The number of hydrogen-bond donors (Lipinski definition) is 1. The Bertz CT molecular complexity index is 444. The Morgan fingerprint density at radius 2 is 2.00 bits per heavy atom. The number of nitrogens with zero attached hydrogens (tertiary/aromatic N) is 1. The van der Waals surface area contributed by atoms with Gasteiger partial charge < -0.3 is 10.6 Å². The van der Waals surface area contributed by atoms with E-state index in [0.717, 1.165) is 18.5 Å². The largest absolute Gasteiger partial charge is 0.339 e. The summed E-state index contributed by atoms with van der Waals surface area (Å²) in [6.45, 7) is 7.86. The lowest BCUT2D eigenvalue weighted by Gasteiger charge is -2.29. The van der Waals surface area contributed by atoms with E-state index in [1.54, 1.807) is 0 Å². The van der Waals surface area contributed by atoms with Gasteiger partial charge >= 0.3 is 0 Å². The van der Waals surface area contributed by atoms with Crippen LogP contribution in [0.4, 0.5) is 0 Å². The molecule has 0 bridgehead atoms. The fourth-order valence-corrected chi connectivity index (χ4v) is 3.27. The van der Waals surface area contributed by atoms with E-state index in [2.05, 4.69) is 32.9 Å². The highest BCUT2D eigenvalue weighted by molar-refractivity contribution is 5.84.